The number of carboxylic acids is 1. The molecule has 3 aromatic carbocycles. The summed E-state index contributed by atoms with van der Waals surface area (Å²) >= 11 is 0. The normalized spacial score (nSPS) is 16.4. The van der Waals surface area contributed by atoms with Crippen LogP contribution in [0.4, 0.5) is 5.69 Å². The van der Waals surface area contributed by atoms with Crippen LogP contribution in [0, 0.1) is 0 Å². The first-order valence-electron chi connectivity index (χ1n) is 12.1. The monoisotopic (exact) mass is 490 g/mol. The first-order valence-corrected chi connectivity index (χ1v) is 12.1. The number of carboxylic acid groups (broad SMARTS) is 1. The van der Waals surface area contributed by atoms with Crippen molar-refractivity contribution in [3.05, 3.63) is 83.4 Å². The number of benzene rings is 3. The molecule has 1 fully saturated rings. The Morgan fingerprint density at radius 2 is 1.64 bits per heavy atom. The lowest BCUT2D eigenvalue weighted by molar-refractivity contribution is -0.142. The van der Waals surface area contributed by atoms with Gasteiger partial charge in [0, 0.05) is 26.3 Å². The molecule has 1 aliphatic heterocycles. The van der Waals surface area contributed by atoms with Crippen LogP contribution in [-0.4, -0.2) is 56.9 Å². The van der Waals surface area contributed by atoms with Crippen LogP contribution in [0.1, 0.15) is 35.6 Å². The molecule has 0 spiro atoms. The zero-order valence-electron chi connectivity index (χ0n) is 21.3. The molecule has 7 nitrogen and oxygen atoms in total. The average molecular weight is 491 g/mol. The molecule has 3 aromatic rings. The third-order valence-corrected chi connectivity index (χ3v) is 6.66. The van der Waals surface area contributed by atoms with E-state index in [4.69, 9.17) is 14.2 Å². The van der Waals surface area contributed by atoms with Gasteiger partial charge in [-0.15, -0.1) is 0 Å². The number of aliphatic carboxylic acids is 1. The molecular formula is C29H34N2O5. The second-order valence-corrected chi connectivity index (χ2v) is 9.15. The fourth-order valence-corrected chi connectivity index (χ4v) is 4.82. The highest BCUT2D eigenvalue weighted by Crippen LogP contribution is 2.44. The Balaban J connectivity index is 1.76. The maximum atomic E-state index is 12.1. The summed E-state index contributed by atoms with van der Waals surface area (Å²) < 4.78 is 17.6. The van der Waals surface area contributed by atoms with Gasteiger partial charge in [0.15, 0.2) is 11.5 Å². The average Bonchev–Trinajstić information content (AvgIpc) is 3.38. The second kappa shape index (κ2) is 11.4. The summed E-state index contributed by atoms with van der Waals surface area (Å²) in [5, 5.41) is 9.95. The quantitative estimate of drug-likeness (QED) is 0.429. The van der Waals surface area contributed by atoms with E-state index >= 15 is 0 Å². The van der Waals surface area contributed by atoms with E-state index in [9.17, 15) is 9.90 Å². The number of hydrogen-bond donors (Lipinski definition) is 1. The zero-order valence-corrected chi connectivity index (χ0v) is 21.3. The van der Waals surface area contributed by atoms with Gasteiger partial charge < -0.3 is 24.2 Å². The summed E-state index contributed by atoms with van der Waals surface area (Å²) in [5.41, 5.74) is 4.01. The Morgan fingerprint density at radius 3 is 2.19 bits per heavy atom. The summed E-state index contributed by atoms with van der Waals surface area (Å²) in [6, 6.07) is 21.2. The van der Waals surface area contributed by atoms with E-state index in [0.717, 1.165) is 28.8 Å². The largest absolute Gasteiger partial charge is 0.493 e. The van der Waals surface area contributed by atoms with Gasteiger partial charge in [-0.05, 0) is 53.8 Å². The van der Waals surface area contributed by atoms with Gasteiger partial charge in [-0.2, -0.15) is 0 Å². The Hall–Kier alpha value is -3.71. The van der Waals surface area contributed by atoms with Crippen molar-refractivity contribution in [3.8, 4) is 17.2 Å². The third kappa shape index (κ3) is 5.41. The highest BCUT2D eigenvalue weighted by molar-refractivity contribution is 5.74. The number of nitrogens with zero attached hydrogens (tertiary/aromatic N) is 2. The molecule has 7 heteroatoms. The molecule has 1 heterocycles. The standard InChI is InChI=1S/C29H34N2O5/c1-30(2)23-14-12-21(13-15-23)27(31-16-8-11-24(31)29(32)33)22-17-25(34-3)28(26(18-22)35-4)36-19-20-9-6-5-7-10-20/h5-7,9-10,12-15,17-18,24,27H,8,11,16,19H2,1-4H3,(H,32,33). The Bertz CT molecular complexity index is 1140. The van der Waals surface area contributed by atoms with Crippen LogP contribution in [0.5, 0.6) is 17.2 Å². The Labute approximate surface area is 212 Å². The molecule has 2 unspecified atom stereocenters. The molecule has 1 aliphatic rings. The molecule has 0 aliphatic carbocycles. The lowest BCUT2D eigenvalue weighted by Gasteiger charge is -2.33. The van der Waals surface area contributed by atoms with Crippen LogP contribution in [-0.2, 0) is 11.4 Å². The molecular weight excluding hydrogens is 456 g/mol. The lowest BCUT2D eigenvalue weighted by atomic mass is 9.95. The number of likely N-dealkylation sites (tertiary alicyclic amines) is 1. The van der Waals surface area contributed by atoms with Gasteiger partial charge in [0.2, 0.25) is 5.75 Å². The van der Waals surface area contributed by atoms with Crippen molar-refractivity contribution in [2.45, 2.75) is 31.5 Å². The van der Waals surface area contributed by atoms with Crippen LogP contribution in [0.2, 0.25) is 0 Å². The van der Waals surface area contributed by atoms with E-state index < -0.39 is 12.0 Å². The van der Waals surface area contributed by atoms with Crippen LogP contribution >= 0.6 is 0 Å². The van der Waals surface area contributed by atoms with Gasteiger partial charge in [0.25, 0.3) is 0 Å². The predicted octanol–water partition coefficient (Wildman–Crippen LogP) is 4.99. The van der Waals surface area contributed by atoms with E-state index in [1.807, 2.05) is 61.5 Å². The summed E-state index contributed by atoms with van der Waals surface area (Å²) in [5.74, 6) is 0.803. The maximum absolute atomic E-state index is 12.1. The molecule has 0 amide bonds. The molecule has 0 saturated carbocycles. The first-order chi connectivity index (χ1) is 17.4. The SMILES string of the molecule is COc1cc(C(c2ccc(N(C)C)cc2)N2CCCC2C(=O)O)cc(OC)c1OCc1ccccc1. The highest BCUT2D eigenvalue weighted by atomic mass is 16.5. The highest BCUT2D eigenvalue weighted by Gasteiger charge is 2.37. The molecule has 0 bridgehead atoms. The fraction of sp³-hybridized carbons (Fsp3) is 0.345. The molecule has 4 rings (SSSR count). The van der Waals surface area contributed by atoms with Crippen molar-refractivity contribution in [2.24, 2.45) is 0 Å². The minimum atomic E-state index is -0.802. The summed E-state index contributed by atoms with van der Waals surface area (Å²) in [4.78, 5) is 16.2. The van der Waals surface area contributed by atoms with Crippen molar-refractivity contribution < 1.29 is 24.1 Å². The summed E-state index contributed by atoms with van der Waals surface area (Å²) in [6.45, 7) is 1.06. The first kappa shape index (κ1) is 25.4. The van der Waals surface area contributed by atoms with Crippen molar-refractivity contribution in [3.63, 3.8) is 0 Å². The van der Waals surface area contributed by atoms with E-state index in [0.29, 0.717) is 36.8 Å². The van der Waals surface area contributed by atoms with E-state index in [1.165, 1.54) is 0 Å². The van der Waals surface area contributed by atoms with Crippen LogP contribution in [0.3, 0.4) is 0 Å². The molecule has 1 N–H and O–H groups in total. The number of carbonyl (C=O) groups is 1. The number of hydrogen-bond acceptors (Lipinski definition) is 6. The molecule has 0 radical (unpaired) electrons. The van der Waals surface area contributed by atoms with Gasteiger partial charge >= 0.3 is 5.97 Å². The van der Waals surface area contributed by atoms with Crippen LogP contribution < -0.4 is 19.1 Å². The number of ether oxygens (including phenoxy) is 3. The number of anilines is 1. The molecule has 2 atom stereocenters. The van der Waals surface area contributed by atoms with Crippen LogP contribution in [0.25, 0.3) is 0 Å². The van der Waals surface area contributed by atoms with Crippen molar-refractivity contribution >= 4 is 11.7 Å². The Morgan fingerprint density at radius 1 is 1.00 bits per heavy atom. The predicted molar refractivity (Wildman–Crippen MR) is 140 cm³/mol. The van der Waals surface area contributed by atoms with Gasteiger partial charge in [-0.25, -0.2) is 0 Å². The van der Waals surface area contributed by atoms with Crippen molar-refractivity contribution in [1.82, 2.24) is 4.90 Å². The minimum Gasteiger partial charge on any atom is -0.493 e. The van der Waals surface area contributed by atoms with Crippen LogP contribution in [0.15, 0.2) is 66.7 Å². The molecule has 1 saturated heterocycles. The van der Waals surface area contributed by atoms with Gasteiger partial charge in [0.05, 0.1) is 20.3 Å². The van der Waals surface area contributed by atoms with Crippen molar-refractivity contribution in [2.75, 3.05) is 39.8 Å². The summed E-state index contributed by atoms with van der Waals surface area (Å²) in [6.07, 6.45) is 1.45. The van der Waals surface area contributed by atoms with Gasteiger partial charge in [0.1, 0.15) is 12.6 Å². The number of rotatable bonds is 10. The zero-order chi connectivity index (χ0) is 25.7. The topological polar surface area (TPSA) is 71.5 Å². The van der Waals surface area contributed by atoms with E-state index in [2.05, 4.69) is 29.2 Å². The number of methoxy groups -OCH3 is 2. The smallest absolute Gasteiger partial charge is 0.320 e. The van der Waals surface area contributed by atoms with Gasteiger partial charge in [-0.1, -0.05) is 42.5 Å². The maximum Gasteiger partial charge on any atom is 0.320 e. The van der Waals surface area contributed by atoms with E-state index in [-0.39, 0.29) is 6.04 Å². The molecule has 0 aromatic heterocycles. The van der Waals surface area contributed by atoms with E-state index in [1.54, 1.807) is 14.2 Å². The summed E-state index contributed by atoms with van der Waals surface area (Å²) in [7, 11) is 7.20. The minimum absolute atomic E-state index is 0.282. The molecule has 190 valence electrons. The van der Waals surface area contributed by atoms with Gasteiger partial charge in [-0.3, -0.25) is 9.69 Å². The van der Waals surface area contributed by atoms with Crippen molar-refractivity contribution in [1.29, 1.82) is 0 Å². The fourth-order valence-electron chi connectivity index (χ4n) is 4.82. The third-order valence-electron chi connectivity index (χ3n) is 6.66. The second-order valence-electron chi connectivity index (χ2n) is 9.15. The lowest BCUT2D eigenvalue weighted by Crippen LogP contribution is -2.39. The molecule has 36 heavy (non-hydrogen) atoms. The Kier molecular flexibility index (Phi) is 8.00.